The summed E-state index contributed by atoms with van der Waals surface area (Å²) in [4.78, 5) is 22.6. The molecule has 148 valence electrons. The Morgan fingerprint density at radius 1 is 1.29 bits per heavy atom. The molecule has 0 amide bonds. The Labute approximate surface area is 173 Å². The third kappa shape index (κ3) is 4.44. The summed E-state index contributed by atoms with van der Waals surface area (Å²) in [6.07, 6.45) is 5.27. The maximum absolute atomic E-state index is 12.6. The maximum atomic E-state index is 12.6. The highest BCUT2D eigenvalue weighted by atomic mass is 32.2. The number of hydrogen-bond donors (Lipinski definition) is 1. The number of fused-ring (bicyclic) bond motifs is 3. The lowest BCUT2D eigenvalue weighted by Gasteiger charge is -2.17. The molecule has 4 nitrogen and oxygen atoms in total. The predicted octanol–water partition coefficient (Wildman–Crippen LogP) is 5.37. The number of aryl methyl sites for hydroxylation is 2. The second-order valence-corrected chi connectivity index (χ2v) is 9.79. The molecule has 6 heteroatoms. The van der Waals surface area contributed by atoms with Crippen LogP contribution >= 0.6 is 23.1 Å². The Morgan fingerprint density at radius 2 is 2.11 bits per heavy atom. The fourth-order valence-electron chi connectivity index (χ4n) is 3.59. The van der Waals surface area contributed by atoms with Crippen molar-refractivity contribution in [2.75, 3.05) is 12.4 Å². The van der Waals surface area contributed by atoms with E-state index in [1.54, 1.807) is 23.1 Å². The van der Waals surface area contributed by atoms with Gasteiger partial charge in [0.15, 0.2) is 5.16 Å². The largest absolute Gasteiger partial charge is 0.494 e. The van der Waals surface area contributed by atoms with Gasteiger partial charge in [0.25, 0.3) is 5.56 Å². The number of aromatic nitrogens is 2. The van der Waals surface area contributed by atoms with Crippen molar-refractivity contribution in [1.29, 1.82) is 0 Å². The molecule has 1 N–H and O–H groups in total. The van der Waals surface area contributed by atoms with Gasteiger partial charge in [0.1, 0.15) is 10.6 Å². The Hall–Kier alpha value is -1.79. The summed E-state index contributed by atoms with van der Waals surface area (Å²) in [7, 11) is 0. The molecule has 1 aliphatic carbocycles. The van der Waals surface area contributed by atoms with Gasteiger partial charge in [-0.1, -0.05) is 36.4 Å². The number of thiophene rings is 1. The van der Waals surface area contributed by atoms with Crippen LogP contribution in [0.3, 0.4) is 0 Å². The standard InChI is InChI=1S/C22H26N2O2S2/c1-14-5-8-16(9-6-14)26-11-3-4-12-27-22-23-20(25)19-17-10-7-15(2)13-18(17)28-21(19)24-22/h5-6,8-9,15H,3-4,7,10-13H2,1-2H3,(H,23,24,25). The number of nitrogens with one attached hydrogen (secondary N) is 1. The minimum Gasteiger partial charge on any atom is -0.494 e. The van der Waals surface area contributed by atoms with Gasteiger partial charge in [-0.25, -0.2) is 4.98 Å². The minimum absolute atomic E-state index is 0.0299. The van der Waals surface area contributed by atoms with Gasteiger partial charge in [0.2, 0.25) is 0 Å². The molecular weight excluding hydrogens is 388 g/mol. The number of ether oxygens (including phenoxy) is 1. The van der Waals surface area contributed by atoms with Gasteiger partial charge in [0.05, 0.1) is 12.0 Å². The fourth-order valence-corrected chi connectivity index (χ4v) is 5.90. The number of hydrogen-bond acceptors (Lipinski definition) is 5. The summed E-state index contributed by atoms with van der Waals surface area (Å²) in [5.74, 6) is 2.55. The van der Waals surface area contributed by atoms with Crippen LogP contribution in [-0.4, -0.2) is 22.3 Å². The van der Waals surface area contributed by atoms with Gasteiger partial charge >= 0.3 is 0 Å². The first kappa shape index (κ1) is 19.5. The molecule has 0 saturated heterocycles. The van der Waals surface area contributed by atoms with Gasteiger partial charge < -0.3 is 9.72 Å². The normalized spacial score (nSPS) is 16.3. The van der Waals surface area contributed by atoms with Gasteiger partial charge in [-0.05, 0) is 62.6 Å². The van der Waals surface area contributed by atoms with Crippen LogP contribution in [0.15, 0.2) is 34.2 Å². The first-order chi connectivity index (χ1) is 13.6. The van der Waals surface area contributed by atoms with Crippen molar-refractivity contribution < 1.29 is 4.74 Å². The molecule has 1 unspecified atom stereocenters. The van der Waals surface area contributed by atoms with Crippen LogP contribution in [0.5, 0.6) is 5.75 Å². The molecule has 2 heterocycles. The molecule has 0 spiro atoms. The molecule has 0 aliphatic heterocycles. The van der Waals surface area contributed by atoms with Crippen molar-refractivity contribution in [2.45, 2.75) is 51.1 Å². The predicted molar refractivity (Wildman–Crippen MR) is 118 cm³/mol. The van der Waals surface area contributed by atoms with Crippen LogP contribution < -0.4 is 10.3 Å². The van der Waals surface area contributed by atoms with Gasteiger partial charge in [-0.3, -0.25) is 4.79 Å². The van der Waals surface area contributed by atoms with Gasteiger partial charge in [-0.2, -0.15) is 0 Å². The molecule has 0 radical (unpaired) electrons. The van der Waals surface area contributed by atoms with Crippen molar-refractivity contribution in [2.24, 2.45) is 5.92 Å². The van der Waals surface area contributed by atoms with Crippen molar-refractivity contribution in [1.82, 2.24) is 9.97 Å². The molecular formula is C22H26N2O2S2. The molecule has 4 rings (SSSR count). The second-order valence-electron chi connectivity index (χ2n) is 7.62. The average molecular weight is 415 g/mol. The van der Waals surface area contributed by atoms with Crippen molar-refractivity contribution in [3.8, 4) is 5.75 Å². The summed E-state index contributed by atoms with van der Waals surface area (Å²) in [6.45, 7) is 5.07. The van der Waals surface area contributed by atoms with Crippen LogP contribution in [0.25, 0.3) is 10.2 Å². The number of benzene rings is 1. The summed E-state index contributed by atoms with van der Waals surface area (Å²) < 4.78 is 5.76. The molecule has 0 saturated carbocycles. The second kappa shape index (κ2) is 8.70. The molecule has 1 aromatic carbocycles. The van der Waals surface area contributed by atoms with Crippen LogP contribution in [0.2, 0.25) is 0 Å². The van der Waals surface area contributed by atoms with E-state index in [2.05, 4.69) is 31.0 Å². The highest BCUT2D eigenvalue weighted by Crippen LogP contribution is 2.36. The number of nitrogens with zero attached hydrogens (tertiary/aromatic N) is 1. The fraction of sp³-hybridized carbons (Fsp3) is 0.455. The Kier molecular flexibility index (Phi) is 6.07. The SMILES string of the molecule is Cc1ccc(OCCCCSc2nc3sc4c(c3c(=O)[nH]2)CCC(C)C4)cc1. The van der Waals surface area contributed by atoms with Crippen LogP contribution in [0.4, 0.5) is 0 Å². The van der Waals surface area contributed by atoms with Crippen LogP contribution in [-0.2, 0) is 12.8 Å². The van der Waals surface area contributed by atoms with Gasteiger partial charge in [-0.15, -0.1) is 11.3 Å². The molecule has 2 aromatic heterocycles. The minimum atomic E-state index is 0.0299. The van der Waals surface area contributed by atoms with Crippen molar-refractivity contribution >= 4 is 33.3 Å². The van der Waals surface area contributed by atoms with E-state index >= 15 is 0 Å². The van der Waals surface area contributed by atoms with Crippen LogP contribution in [0.1, 0.15) is 42.2 Å². The lowest BCUT2D eigenvalue weighted by Crippen LogP contribution is -2.13. The van der Waals surface area contributed by atoms with E-state index in [0.717, 1.165) is 52.6 Å². The Bertz CT molecular complexity index is 1010. The topological polar surface area (TPSA) is 55.0 Å². The third-order valence-corrected chi connectivity index (χ3v) is 7.32. The molecule has 0 fully saturated rings. The highest BCUT2D eigenvalue weighted by Gasteiger charge is 2.22. The van der Waals surface area contributed by atoms with E-state index in [4.69, 9.17) is 9.72 Å². The zero-order valence-electron chi connectivity index (χ0n) is 16.4. The van der Waals surface area contributed by atoms with E-state index in [1.807, 2.05) is 12.1 Å². The first-order valence-corrected chi connectivity index (χ1v) is 11.8. The quantitative estimate of drug-likeness (QED) is 0.321. The smallest absolute Gasteiger partial charge is 0.260 e. The van der Waals surface area contributed by atoms with E-state index in [1.165, 1.54) is 22.4 Å². The summed E-state index contributed by atoms with van der Waals surface area (Å²) in [6, 6.07) is 8.14. The third-order valence-electron chi connectivity index (χ3n) is 5.21. The Morgan fingerprint density at radius 3 is 2.93 bits per heavy atom. The van der Waals surface area contributed by atoms with Crippen LogP contribution in [0, 0.1) is 12.8 Å². The summed E-state index contributed by atoms with van der Waals surface area (Å²) >= 11 is 3.34. The molecule has 0 bridgehead atoms. The van der Waals surface area contributed by atoms with E-state index in [0.29, 0.717) is 12.5 Å². The molecule has 28 heavy (non-hydrogen) atoms. The molecule has 1 aliphatic rings. The number of unbranched alkanes of at least 4 members (excludes halogenated alkanes) is 1. The number of rotatable bonds is 7. The number of aromatic amines is 1. The molecule has 3 aromatic rings. The monoisotopic (exact) mass is 414 g/mol. The first-order valence-electron chi connectivity index (χ1n) is 9.97. The van der Waals surface area contributed by atoms with Gasteiger partial charge in [0, 0.05) is 10.6 Å². The zero-order chi connectivity index (χ0) is 19.5. The lowest BCUT2D eigenvalue weighted by molar-refractivity contribution is 0.310. The maximum Gasteiger partial charge on any atom is 0.260 e. The molecule has 1 atom stereocenters. The van der Waals surface area contributed by atoms with Crippen molar-refractivity contribution in [3.05, 3.63) is 50.6 Å². The lowest BCUT2D eigenvalue weighted by atomic mass is 9.89. The Balaban J connectivity index is 1.30. The highest BCUT2D eigenvalue weighted by molar-refractivity contribution is 7.99. The number of thioether (sulfide) groups is 1. The van der Waals surface area contributed by atoms with E-state index in [9.17, 15) is 4.79 Å². The van der Waals surface area contributed by atoms with Crippen molar-refractivity contribution in [3.63, 3.8) is 0 Å². The average Bonchev–Trinajstić information content (AvgIpc) is 3.03. The summed E-state index contributed by atoms with van der Waals surface area (Å²) in [5.41, 5.74) is 2.52. The number of H-pyrrole nitrogens is 1. The van der Waals surface area contributed by atoms with E-state index in [-0.39, 0.29) is 5.56 Å². The zero-order valence-corrected chi connectivity index (χ0v) is 18.0. The summed E-state index contributed by atoms with van der Waals surface area (Å²) in [5, 5.41) is 1.58. The van der Waals surface area contributed by atoms with E-state index < -0.39 is 0 Å².